The number of carbonyl (C=O) groups excluding carboxylic acids is 1. The van der Waals surface area contributed by atoms with Gasteiger partial charge in [-0.25, -0.2) is 0 Å². The topological polar surface area (TPSA) is 35.9 Å². The molecule has 0 fully saturated rings. The molecule has 134 valence electrons. The summed E-state index contributed by atoms with van der Waals surface area (Å²) in [6.07, 6.45) is 0. The van der Waals surface area contributed by atoms with Crippen LogP contribution >= 0.6 is 11.8 Å². The van der Waals surface area contributed by atoms with Crippen molar-refractivity contribution in [2.75, 3.05) is 15.8 Å². The van der Waals surface area contributed by atoms with E-state index in [1.165, 1.54) is 11.9 Å². The SMILES string of the molecule is CC(=O)N(/N=C1\SCN(c2ccccc2)c2ccccc21)c1ccccc1. The lowest BCUT2D eigenvalue weighted by Crippen LogP contribution is -2.28. The Hall–Kier alpha value is -3.05. The van der Waals surface area contributed by atoms with Crippen LogP contribution in [0.5, 0.6) is 0 Å². The Bertz CT molecular complexity index is 973. The van der Waals surface area contributed by atoms with Gasteiger partial charge in [0.2, 0.25) is 5.91 Å². The van der Waals surface area contributed by atoms with Crippen LogP contribution < -0.4 is 9.91 Å². The van der Waals surface area contributed by atoms with Crippen molar-refractivity contribution in [1.82, 2.24) is 0 Å². The highest BCUT2D eigenvalue weighted by atomic mass is 32.2. The largest absolute Gasteiger partial charge is 0.331 e. The molecule has 0 saturated carbocycles. The number of fused-ring (bicyclic) bond motifs is 1. The number of benzene rings is 3. The van der Waals surface area contributed by atoms with Gasteiger partial charge >= 0.3 is 0 Å². The summed E-state index contributed by atoms with van der Waals surface area (Å²) in [7, 11) is 0. The highest BCUT2D eigenvalue weighted by Crippen LogP contribution is 2.37. The average molecular weight is 373 g/mol. The number of hydrogen-bond donors (Lipinski definition) is 0. The molecule has 1 amide bonds. The fourth-order valence-electron chi connectivity index (χ4n) is 3.04. The van der Waals surface area contributed by atoms with Gasteiger partial charge in [0.25, 0.3) is 0 Å². The summed E-state index contributed by atoms with van der Waals surface area (Å²) in [5.74, 6) is 0.623. The molecule has 0 spiro atoms. The van der Waals surface area contributed by atoms with Gasteiger partial charge in [-0.1, -0.05) is 66.4 Å². The summed E-state index contributed by atoms with van der Waals surface area (Å²) in [5, 5.41) is 7.03. The number of rotatable bonds is 3. The van der Waals surface area contributed by atoms with Crippen molar-refractivity contribution in [1.29, 1.82) is 0 Å². The van der Waals surface area contributed by atoms with Crippen LogP contribution in [0.2, 0.25) is 0 Å². The lowest BCUT2D eigenvalue weighted by Gasteiger charge is -2.32. The summed E-state index contributed by atoms with van der Waals surface area (Å²) < 4.78 is 0. The monoisotopic (exact) mass is 373 g/mol. The molecular weight excluding hydrogens is 354 g/mol. The molecule has 0 aromatic heterocycles. The summed E-state index contributed by atoms with van der Waals surface area (Å²) in [6, 6.07) is 28.0. The van der Waals surface area contributed by atoms with Crippen molar-refractivity contribution in [3.63, 3.8) is 0 Å². The van der Waals surface area contributed by atoms with Crippen LogP contribution in [0.4, 0.5) is 17.1 Å². The fraction of sp³-hybridized carbons (Fsp3) is 0.0909. The van der Waals surface area contributed by atoms with Gasteiger partial charge in [-0.3, -0.25) is 4.79 Å². The Morgan fingerprint density at radius 2 is 1.56 bits per heavy atom. The van der Waals surface area contributed by atoms with E-state index in [-0.39, 0.29) is 5.91 Å². The lowest BCUT2D eigenvalue weighted by atomic mass is 10.1. The zero-order valence-corrected chi connectivity index (χ0v) is 15.8. The van der Waals surface area contributed by atoms with E-state index in [4.69, 9.17) is 5.10 Å². The van der Waals surface area contributed by atoms with Crippen molar-refractivity contribution in [2.45, 2.75) is 6.92 Å². The first-order valence-electron chi connectivity index (χ1n) is 8.73. The van der Waals surface area contributed by atoms with Gasteiger partial charge in [0, 0.05) is 18.2 Å². The summed E-state index contributed by atoms with van der Waals surface area (Å²) in [6.45, 7) is 1.53. The van der Waals surface area contributed by atoms with Gasteiger partial charge in [-0.2, -0.15) is 10.1 Å². The number of hydrogen-bond acceptors (Lipinski definition) is 4. The molecule has 0 N–H and O–H groups in total. The first kappa shape index (κ1) is 17.4. The quantitative estimate of drug-likeness (QED) is 0.589. The van der Waals surface area contributed by atoms with Gasteiger partial charge < -0.3 is 4.90 Å². The van der Waals surface area contributed by atoms with Crippen LogP contribution in [-0.2, 0) is 4.79 Å². The third-order valence-electron chi connectivity index (χ3n) is 4.31. The maximum absolute atomic E-state index is 12.2. The lowest BCUT2D eigenvalue weighted by molar-refractivity contribution is -0.116. The van der Waals surface area contributed by atoms with Crippen molar-refractivity contribution >= 4 is 39.8 Å². The van der Waals surface area contributed by atoms with E-state index in [0.29, 0.717) is 0 Å². The molecule has 0 unspecified atom stereocenters. The van der Waals surface area contributed by atoms with E-state index >= 15 is 0 Å². The molecule has 0 bridgehead atoms. The zero-order valence-electron chi connectivity index (χ0n) is 14.9. The Balaban J connectivity index is 1.76. The smallest absolute Gasteiger partial charge is 0.244 e. The molecule has 4 nitrogen and oxygen atoms in total. The van der Waals surface area contributed by atoms with Gasteiger partial charge in [0.15, 0.2) is 0 Å². The maximum Gasteiger partial charge on any atom is 0.244 e. The van der Waals surface area contributed by atoms with Crippen LogP contribution in [0.3, 0.4) is 0 Å². The Morgan fingerprint density at radius 3 is 2.26 bits per heavy atom. The van der Waals surface area contributed by atoms with Crippen LogP contribution in [-0.4, -0.2) is 16.8 Å². The third-order valence-corrected chi connectivity index (χ3v) is 5.28. The molecule has 0 saturated heterocycles. The van der Waals surface area contributed by atoms with E-state index in [9.17, 15) is 4.79 Å². The molecule has 27 heavy (non-hydrogen) atoms. The first-order valence-corrected chi connectivity index (χ1v) is 9.72. The number of anilines is 3. The Morgan fingerprint density at radius 1 is 0.926 bits per heavy atom. The predicted molar refractivity (Wildman–Crippen MR) is 114 cm³/mol. The number of para-hydroxylation sites is 3. The molecular formula is C22H19N3OS. The van der Waals surface area contributed by atoms with E-state index in [0.717, 1.165) is 33.5 Å². The van der Waals surface area contributed by atoms with Crippen molar-refractivity contribution in [3.05, 3.63) is 90.5 Å². The summed E-state index contributed by atoms with van der Waals surface area (Å²) in [5.41, 5.74) is 4.03. The number of amides is 1. The normalized spacial score (nSPS) is 14.7. The standard InChI is InChI=1S/C22H19N3OS/c1-17(26)25(19-12-6-3-7-13-19)23-22-20-14-8-9-15-21(20)24(16-27-22)18-10-4-2-5-11-18/h2-15H,16H2,1H3/b23-22-. The van der Waals surface area contributed by atoms with E-state index in [1.807, 2.05) is 60.7 Å². The van der Waals surface area contributed by atoms with Crippen LogP contribution in [0, 0.1) is 0 Å². The van der Waals surface area contributed by atoms with Gasteiger partial charge in [-0.05, 0) is 30.3 Å². The molecule has 0 atom stereocenters. The van der Waals surface area contributed by atoms with Crippen molar-refractivity contribution in [3.8, 4) is 0 Å². The Labute approximate surface area is 163 Å². The average Bonchev–Trinajstić information content (AvgIpc) is 2.73. The van der Waals surface area contributed by atoms with Gasteiger partial charge in [0.1, 0.15) is 5.04 Å². The molecule has 3 aromatic carbocycles. The van der Waals surface area contributed by atoms with Crippen LogP contribution in [0.25, 0.3) is 0 Å². The summed E-state index contributed by atoms with van der Waals surface area (Å²) >= 11 is 1.63. The minimum Gasteiger partial charge on any atom is -0.331 e. The van der Waals surface area contributed by atoms with E-state index < -0.39 is 0 Å². The molecule has 3 aromatic rings. The molecule has 1 heterocycles. The molecule has 1 aliphatic heterocycles. The second-order valence-corrected chi connectivity index (χ2v) is 7.06. The van der Waals surface area contributed by atoms with Crippen LogP contribution in [0.1, 0.15) is 12.5 Å². The van der Waals surface area contributed by atoms with Gasteiger partial charge in [-0.15, -0.1) is 0 Å². The highest BCUT2D eigenvalue weighted by molar-refractivity contribution is 8.14. The second kappa shape index (κ2) is 7.68. The number of thioether (sulfide) groups is 1. The van der Waals surface area contributed by atoms with E-state index in [1.54, 1.807) is 11.8 Å². The predicted octanol–water partition coefficient (Wildman–Crippen LogP) is 5.24. The molecule has 0 radical (unpaired) electrons. The number of carbonyl (C=O) groups is 1. The van der Waals surface area contributed by atoms with E-state index in [2.05, 4.69) is 29.2 Å². The maximum atomic E-state index is 12.2. The minimum absolute atomic E-state index is 0.114. The molecule has 4 rings (SSSR count). The Kier molecular flexibility index (Phi) is 4.94. The third kappa shape index (κ3) is 3.59. The fourth-order valence-corrected chi connectivity index (χ4v) is 4.04. The molecule has 1 aliphatic rings. The molecule has 5 heteroatoms. The first-order chi connectivity index (χ1) is 13.2. The zero-order chi connectivity index (χ0) is 18.6. The summed E-state index contributed by atoms with van der Waals surface area (Å²) in [4.78, 5) is 14.5. The van der Waals surface area contributed by atoms with Crippen molar-refractivity contribution < 1.29 is 4.79 Å². The number of hydrazone groups is 1. The minimum atomic E-state index is -0.114. The van der Waals surface area contributed by atoms with Crippen molar-refractivity contribution in [2.24, 2.45) is 5.10 Å². The number of nitrogens with zero attached hydrogens (tertiary/aromatic N) is 3. The molecule has 0 aliphatic carbocycles. The van der Waals surface area contributed by atoms with Gasteiger partial charge in [0.05, 0.1) is 17.3 Å². The second-order valence-electron chi connectivity index (χ2n) is 6.13. The highest BCUT2D eigenvalue weighted by Gasteiger charge is 2.24. The van der Waals surface area contributed by atoms with Crippen LogP contribution in [0.15, 0.2) is 90.0 Å².